The van der Waals surface area contributed by atoms with Crippen molar-refractivity contribution < 1.29 is 14.3 Å². The molecule has 1 aromatic rings. The van der Waals surface area contributed by atoms with Crippen molar-refractivity contribution in [3.8, 4) is 5.75 Å². The summed E-state index contributed by atoms with van der Waals surface area (Å²) in [5.41, 5.74) is 2.70. The van der Waals surface area contributed by atoms with Gasteiger partial charge in [0.1, 0.15) is 5.75 Å². The Morgan fingerprint density at radius 3 is 2.82 bits per heavy atom. The number of fused-ring (bicyclic) bond motifs is 1. The minimum absolute atomic E-state index is 0.0453. The van der Waals surface area contributed by atoms with Crippen LogP contribution in [0.4, 0.5) is 0 Å². The Kier molecular flexibility index (Phi) is 5.81. The number of aryl methyl sites for hydroxylation is 2. The van der Waals surface area contributed by atoms with Gasteiger partial charge in [0.2, 0.25) is 5.91 Å². The lowest BCUT2D eigenvalue weighted by Crippen LogP contribution is -2.40. The molecule has 22 heavy (non-hydrogen) atoms. The molecule has 0 aromatic heterocycles. The van der Waals surface area contributed by atoms with E-state index >= 15 is 0 Å². The van der Waals surface area contributed by atoms with Gasteiger partial charge < -0.3 is 15.0 Å². The molecule has 1 aromatic carbocycles. The molecule has 0 heterocycles. The van der Waals surface area contributed by atoms with Gasteiger partial charge in [-0.3, -0.25) is 9.59 Å². The van der Waals surface area contributed by atoms with Gasteiger partial charge in [0.05, 0.1) is 6.54 Å². The Labute approximate surface area is 131 Å². The number of carbonyl (C=O) groups is 2. The fourth-order valence-electron chi connectivity index (χ4n) is 2.52. The van der Waals surface area contributed by atoms with E-state index in [0.29, 0.717) is 6.54 Å². The number of hydrogen-bond acceptors (Lipinski definition) is 3. The normalized spacial score (nSPS) is 12.6. The first-order chi connectivity index (χ1) is 10.6. The van der Waals surface area contributed by atoms with Gasteiger partial charge in [-0.15, -0.1) is 0 Å². The number of likely N-dealkylation sites (N-methyl/N-ethyl adjacent to an activating group) is 1. The molecule has 1 N–H and O–H groups in total. The van der Waals surface area contributed by atoms with Crippen LogP contribution in [-0.2, 0) is 22.4 Å². The molecule has 5 nitrogen and oxygen atoms in total. The van der Waals surface area contributed by atoms with E-state index in [1.165, 1.54) is 22.4 Å². The van der Waals surface area contributed by atoms with Gasteiger partial charge in [0.25, 0.3) is 5.91 Å². The van der Waals surface area contributed by atoms with Gasteiger partial charge in [-0.1, -0.05) is 13.0 Å². The zero-order valence-corrected chi connectivity index (χ0v) is 13.4. The number of carbonyl (C=O) groups excluding carboxylic acids is 2. The van der Waals surface area contributed by atoms with Crippen molar-refractivity contribution in [2.75, 3.05) is 26.7 Å². The lowest BCUT2D eigenvalue weighted by Gasteiger charge is -2.17. The number of nitrogens with zero attached hydrogens (tertiary/aromatic N) is 1. The maximum Gasteiger partial charge on any atom is 0.260 e. The molecular weight excluding hydrogens is 280 g/mol. The number of hydrogen-bond donors (Lipinski definition) is 1. The zero-order chi connectivity index (χ0) is 15.9. The Balaban J connectivity index is 1.78. The predicted molar refractivity (Wildman–Crippen MR) is 84.9 cm³/mol. The monoisotopic (exact) mass is 304 g/mol. The maximum absolute atomic E-state index is 12.0. The summed E-state index contributed by atoms with van der Waals surface area (Å²) in [5, 5.41) is 2.75. The first kappa shape index (κ1) is 16.3. The van der Waals surface area contributed by atoms with Crippen molar-refractivity contribution in [2.24, 2.45) is 0 Å². The van der Waals surface area contributed by atoms with E-state index in [4.69, 9.17) is 4.74 Å². The summed E-state index contributed by atoms with van der Waals surface area (Å²) in [6, 6.07) is 6.00. The number of amides is 2. The Morgan fingerprint density at radius 1 is 1.27 bits per heavy atom. The number of nitrogens with one attached hydrogen (secondary N) is 1. The zero-order valence-electron chi connectivity index (χ0n) is 13.4. The molecule has 0 bridgehead atoms. The van der Waals surface area contributed by atoms with E-state index < -0.39 is 0 Å². The van der Waals surface area contributed by atoms with Gasteiger partial charge >= 0.3 is 0 Å². The van der Waals surface area contributed by atoms with E-state index in [1.54, 1.807) is 7.05 Å². The van der Waals surface area contributed by atoms with E-state index in [1.807, 2.05) is 19.1 Å². The molecular formula is C17H24N2O3. The van der Waals surface area contributed by atoms with Crippen molar-refractivity contribution >= 4 is 11.8 Å². The molecule has 0 saturated carbocycles. The van der Waals surface area contributed by atoms with Gasteiger partial charge in [-0.05, 0) is 48.9 Å². The van der Waals surface area contributed by atoms with Crippen LogP contribution < -0.4 is 10.1 Å². The number of rotatable bonds is 7. The van der Waals surface area contributed by atoms with Crippen LogP contribution in [0.25, 0.3) is 0 Å². The average Bonchev–Trinajstić information content (AvgIpc) is 2.98. The summed E-state index contributed by atoms with van der Waals surface area (Å²) < 4.78 is 5.55. The maximum atomic E-state index is 12.0. The molecule has 120 valence electrons. The molecule has 1 aliphatic rings. The number of ether oxygens (including phenoxy) is 1. The van der Waals surface area contributed by atoms with Crippen molar-refractivity contribution in [3.05, 3.63) is 29.3 Å². The van der Waals surface area contributed by atoms with E-state index in [0.717, 1.165) is 25.0 Å². The minimum Gasteiger partial charge on any atom is -0.484 e. The van der Waals surface area contributed by atoms with Gasteiger partial charge in [0, 0.05) is 13.6 Å². The fourth-order valence-corrected chi connectivity index (χ4v) is 2.52. The first-order valence-electron chi connectivity index (χ1n) is 7.85. The predicted octanol–water partition coefficient (Wildman–Crippen LogP) is 1.54. The molecule has 2 amide bonds. The van der Waals surface area contributed by atoms with Crippen LogP contribution >= 0.6 is 0 Å². The topological polar surface area (TPSA) is 58.6 Å². The third-order valence-electron chi connectivity index (χ3n) is 3.81. The molecule has 0 atom stereocenters. The van der Waals surface area contributed by atoms with Crippen molar-refractivity contribution in [1.29, 1.82) is 0 Å². The molecule has 0 aliphatic heterocycles. The SMILES string of the molecule is CCCNC(=O)CN(C)C(=O)COc1ccc2c(c1)CCC2. The number of benzene rings is 1. The van der Waals surface area contributed by atoms with Crippen LogP contribution in [0.15, 0.2) is 18.2 Å². The summed E-state index contributed by atoms with van der Waals surface area (Å²) in [6.07, 6.45) is 4.28. The fraction of sp³-hybridized carbons (Fsp3) is 0.529. The Bertz CT molecular complexity index is 543. The van der Waals surface area contributed by atoms with Crippen LogP contribution in [0.2, 0.25) is 0 Å². The van der Waals surface area contributed by atoms with Crippen LogP contribution in [0.1, 0.15) is 30.9 Å². The summed E-state index contributed by atoms with van der Waals surface area (Å²) in [6.45, 7) is 2.63. The van der Waals surface area contributed by atoms with Gasteiger partial charge in [-0.2, -0.15) is 0 Å². The molecule has 0 radical (unpaired) electrons. The second kappa shape index (κ2) is 7.82. The van der Waals surface area contributed by atoms with Gasteiger partial charge in [0.15, 0.2) is 6.61 Å². The molecule has 0 unspecified atom stereocenters. The minimum atomic E-state index is -0.202. The lowest BCUT2D eigenvalue weighted by molar-refractivity contribution is -0.136. The first-order valence-corrected chi connectivity index (χ1v) is 7.85. The molecule has 1 aliphatic carbocycles. The lowest BCUT2D eigenvalue weighted by atomic mass is 10.1. The quantitative estimate of drug-likeness (QED) is 0.831. The summed E-state index contributed by atoms with van der Waals surface area (Å²) in [7, 11) is 1.61. The second-order valence-electron chi connectivity index (χ2n) is 5.67. The van der Waals surface area contributed by atoms with Crippen LogP contribution in [0.5, 0.6) is 5.75 Å². The molecule has 2 rings (SSSR count). The van der Waals surface area contributed by atoms with Crippen molar-refractivity contribution in [2.45, 2.75) is 32.6 Å². The van der Waals surface area contributed by atoms with Crippen LogP contribution in [0, 0.1) is 0 Å². The molecule has 0 spiro atoms. The second-order valence-corrected chi connectivity index (χ2v) is 5.67. The third-order valence-corrected chi connectivity index (χ3v) is 3.81. The molecule has 5 heteroatoms. The highest BCUT2D eigenvalue weighted by molar-refractivity contribution is 5.85. The van der Waals surface area contributed by atoms with E-state index in [9.17, 15) is 9.59 Å². The van der Waals surface area contributed by atoms with E-state index in [2.05, 4.69) is 11.4 Å². The van der Waals surface area contributed by atoms with Gasteiger partial charge in [-0.25, -0.2) is 0 Å². The van der Waals surface area contributed by atoms with Crippen molar-refractivity contribution in [1.82, 2.24) is 10.2 Å². The molecule has 0 fully saturated rings. The van der Waals surface area contributed by atoms with Crippen molar-refractivity contribution in [3.63, 3.8) is 0 Å². The summed E-state index contributed by atoms with van der Waals surface area (Å²) in [5.74, 6) is 0.375. The highest BCUT2D eigenvalue weighted by Gasteiger charge is 2.15. The van der Waals surface area contributed by atoms with Crippen LogP contribution in [-0.4, -0.2) is 43.5 Å². The molecule has 0 saturated heterocycles. The summed E-state index contributed by atoms with van der Waals surface area (Å²) >= 11 is 0. The standard InChI is InChI=1S/C17H24N2O3/c1-3-9-18-16(20)11-19(2)17(21)12-22-15-8-7-13-5-4-6-14(13)10-15/h7-8,10H,3-6,9,11-12H2,1-2H3,(H,18,20). The average molecular weight is 304 g/mol. The summed E-state index contributed by atoms with van der Waals surface area (Å²) in [4.78, 5) is 24.9. The van der Waals surface area contributed by atoms with E-state index in [-0.39, 0.29) is 25.0 Å². The third kappa shape index (κ3) is 4.48. The Morgan fingerprint density at radius 2 is 2.05 bits per heavy atom. The smallest absolute Gasteiger partial charge is 0.260 e. The highest BCUT2D eigenvalue weighted by Crippen LogP contribution is 2.25. The Hall–Kier alpha value is -2.04. The van der Waals surface area contributed by atoms with Crippen LogP contribution in [0.3, 0.4) is 0 Å². The highest BCUT2D eigenvalue weighted by atomic mass is 16.5. The largest absolute Gasteiger partial charge is 0.484 e.